The minimum atomic E-state index is -1.40. The summed E-state index contributed by atoms with van der Waals surface area (Å²) in [6, 6.07) is 7.53. The zero-order valence-corrected chi connectivity index (χ0v) is 7.63. The first-order valence-electron chi connectivity index (χ1n) is 4.21. The number of hydrogen-bond donors (Lipinski definition) is 1. The molecule has 0 aliphatic carbocycles. The molecule has 68 valence electrons. The molecule has 1 N–H and O–H groups in total. The van der Waals surface area contributed by atoms with Gasteiger partial charge >= 0.3 is 0 Å². The van der Waals surface area contributed by atoms with Gasteiger partial charge in [-0.3, -0.25) is 0 Å². The molecule has 0 atom stereocenters. The van der Waals surface area contributed by atoms with Crippen molar-refractivity contribution in [1.29, 1.82) is 0 Å². The first kappa shape index (κ1) is 8.23. The number of nitrogens with one attached hydrogen (secondary N) is 1. The van der Waals surface area contributed by atoms with Crippen molar-refractivity contribution < 1.29 is 4.39 Å². The van der Waals surface area contributed by atoms with Crippen molar-refractivity contribution in [3.63, 3.8) is 0 Å². The molecular weight excluding hydrogens is 167 g/mol. The smallest absolute Gasteiger partial charge is 0.162 e. The molecule has 0 aliphatic rings. The average molecular weight is 178 g/mol. The van der Waals surface area contributed by atoms with Crippen molar-refractivity contribution in [2.75, 3.05) is 0 Å². The molecule has 1 aromatic heterocycles. The van der Waals surface area contributed by atoms with Crippen molar-refractivity contribution in [2.45, 2.75) is 19.5 Å². The Morgan fingerprint density at radius 2 is 2.00 bits per heavy atom. The zero-order chi connectivity index (χ0) is 9.47. The second kappa shape index (κ2) is 2.55. The first-order valence-corrected chi connectivity index (χ1v) is 4.21. The van der Waals surface area contributed by atoms with Gasteiger partial charge in [0.05, 0.1) is 11.0 Å². The van der Waals surface area contributed by atoms with Crippen LogP contribution < -0.4 is 0 Å². The largest absolute Gasteiger partial charge is 0.339 e. The Morgan fingerprint density at radius 1 is 1.31 bits per heavy atom. The van der Waals surface area contributed by atoms with Crippen molar-refractivity contribution in [1.82, 2.24) is 9.97 Å². The number of aromatic nitrogens is 2. The fraction of sp³-hybridized carbons (Fsp3) is 0.300. The molecule has 0 amide bonds. The number of para-hydroxylation sites is 2. The van der Waals surface area contributed by atoms with Crippen LogP contribution in [0.4, 0.5) is 4.39 Å². The lowest BCUT2D eigenvalue weighted by atomic mass is 10.2. The van der Waals surface area contributed by atoms with Crippen LogP contribution in [0.3, 0.4) is 0 Å². The molecule has 13 heavy (non-hydrogen) atoms. The lowest BCUT2D eigenvalue weighted by Gasteiger charge is -2.08. The van der Waals surface area contributed by atoms with Crippen LogP contribution in [0, 0.1) is 0 Å². The van der Waals surface area contributed by atoms with Gasteiger partial charge < -0.3 is 4.98 Å². The summed E-state index contributed by atoms with van der Waals surface area (Å²) in [7, 11) is 0. The van der Waals surface area contributed by atoms with Gasteiger partial charge in [0, 0.05) is 0 Å². The highest BCUT2D eigenvalue weighted by Crippen LogP contribution is 2.23. The van der Waals surface area contributed by atoms with E-state index in [-0.39, 0.29) is 0 Å². The molecule has 0 unspecified atom stereocenters. The van der Waals surface area contributed by atoms with E-state index in [4.69, 9.17) is 0 Å². The van der Waals surface area contributed by atoms with E-state index in [9.17, 15) is 4.39 Å². The quantitative estimate of drug-likeness (QED) is 0.714. The number of halogens is 1. The summed E-state index contributed by atoms with van der Waals surface area (Å²) >= 11 is 0. The number of rotatable bonds is 1. The molecule has 0 saturated heterocycles. The maximum absolute atomic E-state index is 13.5. The second-order valence-corrected chi connectivity index (χ2v) is 3.58. The summed E-state index contributed by atoms with van der Waals surface area (Å²) in [6.07, 6.45) is 0. The highest BCUT2D eigenvalue weighted by Gasteiger charge is 2.22. The highest BCUT2D eigenvalue weighted by molar-refractivity contribution is 5.74. The summed E-state index contributed by atoms with van der Waals surface area (Å²) < 4.78 is 13.5. The van der Waals surface area contributed by atoms with Gasteiger partial charge in [-0.15, -0.1) is 0 Å². The Hall–Kier alpha value is -1.38. The molecule has 0 saturated carbocycles. The topological polar surface area (TPSA) is 28.7 Å². The van der Waals surface area contributed by atoms with Crippen molar-refractivity contribution in [2.24, 2.45) is 0 Å². The van der Waals surface area contributed by atoms with E-state index in [1.54, 1.807) is 0 Å². The van der Waals surface area contributed by atoms with Crippen LogP contribution in [0.2, 0.25) is 0 Å². The number of nitrogens with zero attached hydrogens (tertiary/aromatic N) is 1. The van der Waals surface area contributed by atoms with Crippen LogP contribution in [0.15, 0.2) is 24.3 Å². The Kier molecular flexibility index (Phi) is 1.62. The molecule has 0 aliphatic heterocycles. The monoisotopic (exact) mass is 178 g/mol. The summed E-state index contributed by atoms with van der Waals surface area (Å²) in [5, 5.41) is 0. The van der Waals surface area contributed by atoms with Gasteiger partial charge in [0.15, 0.2) is 5.67 Å². The molecule has 2 aromatic rings. The number of alkyl halides is 1. The fourth-order valence-electron chi connectivity index (χ4n) is 1.23. The molecule has 3 heteroatoms. The minimum Gasteiger partial charge on any atom is -0.339 e. The molecule has 0 bridgehead atoms. The maximum Gasteiger partial charge on any atom is 0.162 e. The Labute approximate surface area is 75.8 Å². The summed E-state index contributed by atoms with van der Waals surface area (Å²) in [5.74, 6) is 0.383. The van der Waals surface area contributed by atoms with Crippen LogP contribution in [0.1, 0.15) is 19.7 Å². The first-order chi connectivity index (χ1) is 6.07. The predicted molar refractivity (Wildman–Crippen MR) is 50.2 cm³/mol. The van der Waals surface area contributed by atoms with E-state index in [0.717, 1.165) is 11.0 Å². The lowest BCUT2D eigenvalue weighted by molar-refractivity contribution is 0.208. The molecule has 2 nitrogen and oxygen atoms in total. The van der Waals surface area contributed by atoms with Gasteiger partial charge in [-0.25, -0.2) is 9.37 Å². The summed E-state index contributed by atoms with van der Waals surface area (Å²) in [4.78, 5) is 7.10. The van der Waals surface area contributed by atoms with Crippen molar-refractivity contribution in [3.05, 3.63) is 30.1 Å². The Bertz CT molecular complexity index is 393. The third kappa shape index (κ3) is 1.41. The lowest BCUT2D eigenvalue weighted by Crippen LogP contribution is -2.10. The highest BCUT2D eigenvalue weighted by atomic mass is 19.1. The van der Waals surface area contributed by atoms with E-state index in [2.05, 4.69) is 9.97 Å². The SMILES string of the molecule is CC(C)(F)c1nc2ccccc2[nH]1. The Morgan fingerprint density at radius 3 is 2.62 bits per heavy atom. The maximum atomic E-state index is 13.5. The number of aromatic amines is 1. The molecule has 0 spiro atoms. The molecule has 0 radical (unpaired) electrons. The summed E-state index contributed by atoms with van der Waals surface area (Å²) in [6.45, 7) is 2.98. The van der Waals surface area contributed by atoms with E-state index < -0.39 is 5.67 Å². The van der Waals surface area contributed by atoms with Crippen LogP contribution in [0.5, 0.6) is 0 Å². The zero-order valence-electron chi connectivity index (χ0n) is 7.63. The number of imidazole rings is 1. The predicted octanol–water partition coefficient (Wildman–Crippen LogP) is 2.77. The van der Waals surface area contributed by atoms with Crippen LogP contribution in [-0.4, -0.2) is 9.97 Å². The normalized spacial score (nSPS) is 12.2. The molecular formula is C10H11FN2. The Balaban J connectivity index is 2.63. The van der Waals surface area contributed by atoms with Crippen LogP contribution >= 0.6 is 0 Å². The average Bonchev–Trinajstić information content (AvgIpc) is 2.45. The molecule has 2 rings (SSSR count). The van der Waals surface area contributed by atoms with Gasteiger partial charge in [-0.05, 0) is 26.0 Å². The third-order valence-corrected chi connectivity index (χ3v) is 1.95. The van der Waals surface area contributed by atoms with Gasteiger partial charge in [0.1, 0.15) is 5.82 Å². The van der Waals surface area contributed by atoms with Gasteiger partial charge in [-0.2, -0.15) is 0 Å². The van der Waals surface area contributed by atoms with Crippen molar-refractivity contribution in [3.8, 4) is 0 Å². The number of H-pyrrole nitrogens is 1. The van der Waals surface area contributed by atoms with Crippen LogP contribution in [0.25, 0.3) is 11.0 Å². The van der Waals surface area contributed by atoms with E-state index >= 15 is 0 Å². The molecule has 1 aromatic carbocycles. The van der Waals surface area contributed by atoms with Crippen LogP contribution in [-0.2, 0) is 5.67 Å². The number of benzene rings is 1. The summed E-state index contributed by atoms with van der Waals surface area (Å²) in [5.41, 5.74) is 0.283. The molecule has 0 fully saturated rings. The van der Waals surface area contributed by atoms with Gasteiger partial charge in [0.25, 0.3) is 0 Å². The van der Waals surface area contributed by atoms with Gasteiger partial charge in [0.2, 0.25) is 0 Å². The van der Waals surface area contributed by atoms with E-state index in [1.807, 2.05) is 24.3 Å². The van der Waals surface area contributed by atoms with Crippen molar-refractivity contribution >= 4 is 11.0 Å². The standard InChI is InChI=1S/C10H11FN2/c1-10(2,11)9-12-7-5-3-4-6-8(7)13-9/h3-6H,1-2H3,(H,12,13). The fourth-order valence-corrected chi connectivity index (χ4v) is 1.23. The van der Waals surface area contributed by atoms with Gasteiger partial charge in [-0.1, -0.05) is 12.1 Å². The number of fused-ring (bicyclic) bond motifs is 1. The third-order valence-electron chi connectivity index (χ3n) is 1.95. The van der Waals surface area contributed by atoms with E-state index in [1.165, 1.54) is 13.8 Å². The number of hydrogen-bond acceptors (Lipinski definition) is 1. The minimum absolute atomic E-state index is 0.383. The van der Waals surface area contributed by atoms with E-state index in [0.29, 0.717) is 5.82 Å². The molecule has 1 heterocycles. The second-order valence-electron chi connectivity index (χ2n) is 3.58.